The molecule has 1 amide bonds. The Labute approximate surface area is 162 Å². The normalized spacial score (nSPS) is 20.0. The number of carbonyl (C=O) groups is 1. The maximum absolute atomic E-state index is 12.0. The Hall–Kier alpha value is -2.31. The molecule has 4 rings (SSSR count). The first-order chi connectivity index (χ1) is 12.8. The second-order valence-corrected chi connectivity index (χ2v) is 8.52. The summed E-state index contributed by atoms with van der Waals surface area (Å²) in [7, 11) is 0. The number of amides is 1. The van der Waals surface area contributed by atoms with Gasteiger partial charge in [-0.05, 0) is 56.0 Å². The second kappa shape index (κ2) is 6.39. The predicted molar refractivity (Wildman–Crippen MR) is 108 cm³/mol. The summed E-state index contributed by atoms with van der Waals surface area (Å²) in [6.45, 7) is 7.62. The topological polar surface area (TPSA) is 92.0 Å². The molecule has 3 aromatic rings. The minimum atomic E-state index is -0.481. The average molecular weight is 382 g/mol. The predicted octanol–water partition coefficient (Wildman–Crippen LogP) is 3.57. The summed E-state index contributed by atoms with van der Waals surface area (Å²) >= 11 is 1.69. The highest BCUT2D eigenvalue weighted by Crippen LogP contribution is 2.49. The zero-order valence-corrected chi connectivity index (χ0v) is 16.6. The molecule has 0 aliphatic carbocycles. The number of benzene rings is 2. The largest absolute Gasteiger partial charge is 0.392 e. The molecule has 0 unspecified atom stereocenters. The lowest BCUT2D eigenvalue weighted by atomic mass is 9.93. The number of aromatic nitrogens is 2. The molecule has 1 aromatic heterocycles. The fraction of sp³-hybridized carbons (Fsp3) is 0.333. The van der Waals surface area contributed by atoms with Crippen molar-refractivity contribution in [2.75, 3.05) is 0 Å². The summed E-state index contributed by atoms with van der Waals surface area (Å²) in [5, 5.41) is 10.4. The summed E-state index contributed by atoms with van der Waals surface area (Å²) in [5.74, 6) is 0.360. The number of aliphatic hydroxyl groups is 1. The number of rotatable bonds is 3. The Kier molecular flexibility index (Phi) is 4.28. The fourth-order valence-electron chi connectivity index (χ4n) is 4.14. The van der Waals surface area contributed by atoms with Gasteiger partial charge in [-0.25, -0.2) is 4.98 Å². The van der Waals surface area contributed by atoms with Crippen molar-refractivity contribution >= 4 is 28.7 Å². The van der Waals surface area contributed by atoms with E-state index in [1.165, 1.54) is 10.5 Å². The van der Waals surface area contributed by atoms with Crippen LogP contribution in [0.1, 0.15) is 51.3 Å². The summed E-state index contributed by atoms with van der Waals surface area (Å²) in [5.41, 5.74) is 11.7. The van der Waals surface area contributed by atoms with Crippen LogP contribution in [0.2, 0.25) is 0 Å². The van der Waals surface area contributed by atoms with E-state index >= 15 is 0 Å². The molecule has 2 aromatic carbocycles. The molecule has 0 bridgehead atoms. The lowest BCUT2D eigenvalue weighted by molar-refractivity contribution is 0.0999. The second-order valence-electron chi connectivity index (χ2n) is 7.30. The highest BCUT2D eigenvalue weighted by molar-refractivity contribution is 8.00. The first-order valence-corrected chi connectivity index (χ1v) is 9.92. The van der Waals surface area contributed by atoms with Crippen LogP contribution in [0.4, 0.5) is 0 Å². The van der Waals surface area contributed by atoms with Crippen molar-refractivity contribution in [2.24, 2.45) is 5.73 Å². The number of aliphatic hydroxyl groups excluding tert-OH is 1. The maximum Gasteiger partial charge on any atom is 0.249 e. The van der Waals surface area contributed by atoms with Gasteiger partial charge in [0.25, 0.3) is 0 Å². The lowest BCUT2D eigenvalue weighted by Gasteiger charge is -2.20. The Bertz CT molecular complexity index is 1070. The van der Waals surface area contributed by atoms with Crippen molar-refractivity contribution in [3.8, 4) is 0 Å². The molecule has 140 valence electrons. The van der Waals surface area contributed by atoms with E-state index in [1.807, 2.05) is 39.8 Å². The van der Waals surface area contributed by atoms with Gasteiger partial charge in [0.2, 0.25) is 5.91 Å². The van der Waals surface area contributed by atoms with Crippen molar-refractivity contribution in [2.45, 2.75) is 49.9 Å². The molecule has 0 radical (unpaired) electrons. The molecule has 6 heteroatoms. The van der Waals surface area contributed by atoms with Gasteiger partial charge >= 0.3 is 0 Å². The first kappa shape index (κ1) is 18.1. The minimum Gasteiger partial charge on any atom is -0.392 e. The van der Waals surface area contributed by atoms with Gasteiger partial charge in [-0.2, -0.15) is 0 Å². The number of primary amides is 1. The van der Waals surface area contributed by atoms with Gasteiger partial charge in [-0.15, -0.1) is 11.8 Å². The van der Waals surface area contributed by atoms with E-state index in [9.17, 15) is 9.90 Å². The van der Waals surface area contributed by atoms with E-state index in [1.54, 1.807) is 11.8 Å². The van der Waals surface area contributed by atoms with Crippen LogP contribution in [0, 0.1) is 20.8 Å². The lowest BCUT2D eigenvalue weighted by Crippen LogP contribution is -2.25. The van der Waals surface area contributed by atoms with Crippen LogP contribution >= 0.6 is 11.8 Å². The van der Waals surface area contributed by atoms with Gasteiger partial charge in [0, 0.05) is 15.7 Å². The summed E-state index contributed by atoms with van der Waals surface area (Å²) in [6, 6.07) is 8.22. The third-order valence-corrected chi connectivity index (χ3v) is 7.19. The summed E-state index contributed by atoms with van der Waals surface area (Å²) < 4.78 is 0. The van der Waals surface area contributed by atoms with Gasteiger partial charge < -0.3 is 15.8 Å². The molecule has 0 spiro atoms. The molecule has 3 atom stereocenters. The van der Waals surface area contributed by atoms with Crippen LogP contribution in [0.25, 0.3) is 11.0 Å². The summed E-state index contributed by atoms with van der Waals surface area (Å²) in [6.07, 6.45) is -0.481. The van der Waals surface area contributed by atoms with Crippen LogP contribution in [0.15, 0.2) is 29.2 Å². The molecular weight excluding hydrogens is 358 g/mol. The van der Waals surface area contributed by atoms with Crippen LogP contribution in [-0.2, 0) is 0 Å². The first-order valence-electron chi connectivity index (χ1n) is 9.04. The fourth-order valence-corrected chi connectivity index (χ4v) is 5.53. The van der Waals surface area contributed by atoms with Crippen LogP contribution in [0.3, 0.4) is 0 Å². The van der Waals surface area contributed by atoms with Crippen molar-refractivity contribution in [1.82, 2.24) is 9.97 Å². The standard InChI is InChI=1S/C21H23N3O2S/c1-9-10(2)17-18(11(3)15(9)20(22)26)24-21(23-17)16-13-7-5-6-8-14(13)27-19(16)12(4)25/h5-8,12,16,19,25H,1-4H3,(H2,22,26)(H,23,24)/t12-,16+,19+/m0/s1. The third kappa shape index (κ3) is 2.66. The number of fused-ring (bicyclic) bond motifs is 2. The minimum absolute atomic E-state index is 0.0136. The van der Waals surface area contributed by atoms with Crippen LogP contribution < -0.4 is 5.73 Å². The highest BCUT2D eigenvalue weighted by Gasteiger charge is 2.39. The van der Waals surface area contributed by atoms with Crippen molar-refractivity contribution in [3.05, 3.63) is 57.9 Å². The average Bonchev–Trinajstić information content (AvgIpc) is 3.21. The number of aromatic amines is 1. The number of nitrogens with two attached hydrogens (primary N) is 1. The Balaban J connectivity index is 1.96. The molecule has 1 aliphatic rings. The van der Waals surface area contributed by atoms with Crippen molar-refractivity contribution in [1.29, 1.82) is 0 Å². The van der Waals surface area contributed by atoms with Gasteiger partial charge in [-0.1, -0.05) is 18.2 Å². The number of thioether (sulfide) groups is 1. The number of hydrogen-bond donors (Lipinski definition) is 3. The highest BCUT2D eigenvalue weighted by atomic mass is 32.2. The van der Waals surface area contributed by atoms with E-state index < -0.39 is 12.0 Å². The van der Waals surface area contributed by atoms with Crippen molar-refractivity contribution in [3.63, 3.8) is 0 Å². The monoisotopic (exact) mass is 381 g/mol. The van der Waals surface area contributed by atoms with E-state index in [-0.39, 0.29) is 11.2 Å². The zero-order valence-electron chi connectivity index (χ0n) is 15.8. The number of aryl methyl sites for hydroxylation is 2. The Morgan fingerprint density at radius 3 is 2.59 bits per heavy atom. The van der Waals surface area contributed by atoms with E-state index in [0.717, 1.165) is 33.5 Å². The maximum atomic E-state index is 12.0. The molecule has 4 N–H and O–H groups in total. The number of imidazole rings is 1. The zero-order chi connectivity index (χ0) is 19.5. The van der Waals surface area contributed by atoms with E-state index in [0.29, 0.717) is 5.56 Å². The third-order valence-electron chi connectivity index (χ3n) is 5.63. The molecule has 1 aliphatic heterocycles. The summed E-state index contributed by atoms with van der Waals surface area (Å²) in [4.78, 5) is 21.5. The number of hydrogen-bond acceptors (Lipinski definition) is 4. The Morgan fingerprint density at radius 1 is 1.22 bits per heavy atom. The van der Waals surface area contributed by atoms with Crippen LogP contribution in [-0.4, -0.2) is 32.3 Å². The molecule has 2 heterocycles. The van der Waals surface area contributed by atoms with Crippen molar-refractivity contribution < 1.29 is 9.90 Å². The van der Waals surface area contributed by atoms with Gasteiger partial charge in [0.1, 0.15) is 5.82 Å². The molecule has 0 fully saturated rings. The van der Waals surface area contributed by atoms with E-state index in [4.69, 9.17) is 10.7 Å². The number of nitrogens with zero attached hydrogens (tertiary/aromatic N) is 1. The quantitative estimate of drug-likeness (QED) is 0.647. The smallest absolute Gasteiger partial charge is 0.249 e. The van der Waals surface area contributed by atoms with Gasteiger partial charge in [-0.3, -0.25) is 4.79 Å². The molecule has 5 nitrogen and oxygen atoms in total. The SMILES string of the molecule is Cc1c(C(N)=O)c(C)c2nc([C@@H]3c4ccccc4S[C@@H]3[C@H](C)O)[nH]c2c1C. The van der Waals surface area contributed by atoms with Crippen LogP contribution in [0.5, 0.6) is 0 Å². The number of H-pyrrole nitrogens is 1. The Morgan fingerprint density at radius 2 is 1.93 bits per heavy atom. The molecule has 27 heavy (non-hydrogen) atoms. The number of carbonyl (C=O) groups excluding carboxylic acids is 1. The van der Waals surface area contributed by atoms with Gasteiger partial charge in [0.05, 0.1) is 23.1 Å². The van der Waals surface area contributed by atoms with E-state index in [2.05, 4.69) is 17.1 Å². The van der Waals surface area contributed by atoms with Gasteiger partial charge in [0.15, 0.2) is 0 Å². The molecule has 0 saturated heterocycles. The molecular formula is C21H23N3O2S. The number of nitrogens with one attached hydrogen (secondary N) is 1. The molecule has 0 saturated carbocycles.